The summed E-state index contributed by atoms with van der Waals surface area (Å²) in [5.74, 6) is 0.957. The monoisotopic (exact) mass is 276 g/mol. The summed E-state index contributed by atoms with van der Waals surface area (Å²) < 4.78 is 14.0. The van der Waals surface area contributed by atoms with E-state index >= 15 is 0 Å². The number of ether oxygens (including phenoxy) is 2. The number of carbonyl (C=O) groups excluding carboxylic acids is 1. The third-order valence-electron chi connectivity index (χ3n) is 2.46. The molecular weight excluding hydrogens is 264 g/mol. The van der Waals surface area contributed by atoms with Crippen LogP contribution in [-0.4, -0.2) is 29.6 Å². The van der Waals surface area contributed by atoms with Crippen molar-refractivity contribution in [2.75, 3.05) is 14.2 Å². The fourth-order valence-corrected chi connectivity index (χ4v) is 1.92. The van der Waals surface area contributed by atoms with Crippen molar-refractivity contribution in [2.24, 2.45) is 0 Å². The summed E-state index contributed by atoms with van der Waals surface area (Å²) in [5, 5.41) is 5.59. The van der Waals surface area contributed by atoms with E-state index in [9.17, 15) is 4.79 Å². The Morgan fingerprint density at radius 3 is 2.79 bits per heavy atom. The van der Waals surface area contributed by atoms with E-state index in [1.165, 1.54) is 24.7 Å². The third-order valence-corrected chi connectivity index (χ3v) is 2.98. The highest BCUT2D eigenvalue weighted by molar-refractivity contribution is 7.03. The molecule has 6 heteroatoms. The van der Waals surface area contributed by atoms with Gasteiger partial charge in [-0.05, 0) is 35.8 Å². The second-order valence-electron chi connectivity index (χ2n) is 3.59. The molecule has 98 valence electrons. The zero-order valence-corrected chi connectivity index (χ0v) is 11.3. The summed E-state index contributed by atoms with van der Waals surface area (Å²) in [6.07, 6.45) is 3.07. The van der Waals surface area contributed by atoms with Crippen LogP contribution in [0, 0.1) is 0 Å². The average molecular weight is 276 g/mol. The molecule has 0 fully saturated rings. The lowest BCUT2D eigenvalue weighted by Crippen LogP contribution is -1.99. The molecule has 5 nitrogen and oxygen atoms in total. The minimum Gasteiger partial charge on any atom is -0.497 e. The molecule has 1 aromatic carbocycles. The van der Waals surface area contributed by atoms with Crippen LogP contribution in [0.4, 0.5) is 0 Å². The summed E-state index contributed by atoms with van der Waals surface area (Å²) in [4.78, 5) is 12.1. The molecule has 0 unspecified atom stereocenters. The molecule has 0 N–H and O–H groups in total. The maximum Gasteiger partial charge on any atom is 0.189 e. The van der Waals surface area contributed by atoms with Crippen molar-refractivity contribution in [1.82, 2.24) is 9.59 Å². The van der Waals surface area contributed by atoms with Gasteiger partial charge in [0, 0.05) is 11.4 Å². The number of hydrogen-bond acceptors (Lipinski definition) is 6. The highest BCUT2D eigenvalue weighted by Gasteiger charge is 2.10. The number of benzene rings is 1. The van der Waals surface area contributed by atoms with Crippen molar-refractivity contribution in [1.29, 1.82) is 0 Å². The van der Waals surface area contributed by atoms with E-state index in [2.05, 4.69) is 9.59 Å². The molecule has 19 heavy (non-hydrogen) atoms. The smallest absolute Gasteiger partial charge is 0.189 e. The third kappa shape index (κ3) is 3.17. The van der Waals surface area contributed by atoms with Crippen LogP contribution in [0.1, 0.15) is 16.1 Å². The summed E-state index contributed by atoms with van der Waals surface area (Å²) in [5.41, 5.74) is 1.13. The standard InChI is InChI=1S/C13H12N2O3S/c1-17-10-4-5-11(13(7-10)18-2)12(16)6-3-9-8-19-15-14-9/h3-8H,1-2H3/b6-3-. The van der Waals surface area contributed by atoms with E-state index in [1.807, 2.05) is 0 Å². The molecule has 2 aromatic rings. The van der Waals surface area contributed by atoms with E-state index < -0.39 is 0 Å². The molecule has 0 aliphatic rings. The summed E-state index contributed by atoms with van der Waals surface area (Å²) in [6, 6.07) is 5.06. The van der Waals surface area contributed by atoms with Gasteiger partial charge in [-0.2, -0.15) is 0 Å². The van der Waals surface area contributed by atoms with Crippen molar-refractivity contribution in [2.45, 2.75) is 0 Å². The first-order valence-electron chi connectivity index (χ1n) is 5.46. The Kier molecular flexibility index (Phi) is 4.25. The highest BCUT2D eigenvalue weighted by atomic mass is 32.1. The molecule has 0 saturated carbocycles. The number of hydrogen-bond donors (Lipinski definition) is 0. The van der Waals surface area contributed by atoms with Gasteiger partial charge in [-0.1, -0.05) is 4.49 Å². The van der Waals surface area contributed by atoms with Gasteiger partial charge >= 0.3 is 0 Å². The van der Waals surface area contributed by atoms with E-state index in [1.54, 1.807) is 36.8 Å². The SMILES string of the molecule is COc1ccc(C(=O)/C=C\c2csnn2)c(OC)c1. The number of ketones is 1. The number of rotatable bonds is 5. The summed E-state index contributed by atoms with van der Waals surface area (Å²) >= 11 is 1.23. The first kappa shape index (κ1) is 13.2. The van der Waals surface area contributed by atoms with Gasteiger partial charge in [0.1, 0.15) is 11.5 Å². The lowest BCUT2D eigenvalue weighted by Gasteiger charge is -2.07. The molecule has 0 saturated heterocycles. The van der Waals surface area contributed by atoms with Crippen LogP contribution in [0.15, 0.2) is 29.7 Å². The Bertz CT molecular complexity index is 594. The zero-order valence-electron chi connectivity index (χ0n) is 10.5. The Morgan fingerprint density at radius 1 is 1.32 bits per heavy atom. The van der Waals surface area contributed by atoms with Crippen molar-refractivity contribution in [3.63, 3.8) is 0 Å². The van der Waals surface area contributed by atoms with E-state index in [0.717, 1.165) is 0 Å². The van der Waals surface area contributed by atoms with Gasteiger partial charge in [-0.3, -0.25) is 4.79 Å². The molecule has 0 amide bonds. The largest absolute Gasteiger partial charge is 0.497 e. The Balaban J connectivity index is 2.23. The normalized spacial score (nSPS) is 10.6. The van der Waals surface area contributed by atoms with Crippen LogP contribution in [0.25, 0.3) is 6.08 Å². The van der Waals surface area contributed by atoms with Crippen LogP contribution < -0.4 is 9.47 Å². The van der Waals surface area contributed by atoms with Crippen molar-refractivity contribution in [3.8, 4) is 11.5 Å². The van der Waals surface area contributed by atoms with Gasteiger partial charge in [-0.15, -0.1) is 5.10 Å². The van der Waals surface area contributed by atoms with Crippen molar-refractivity contribution in [3.05, 3.63) is 40.9 Å². The van der Waals surface area contributed by atoms with Crippen LogP contribution >= 0.6 is 11.5 Å². The lowest BCUT2D eigenvalue weighted by molar-refractivity contribution is 0.104. The maximum absolute atomic E-state index is 12.1. The first-order chi connectivity index (χ1) is 9.24. The fourth-order valence-electron chi connectivity index (χ4n) is 1.50. The molecule has 1 aromatic heterocycles. The minimum atomic E-state index is -0.160. The molecule has 0 aliphatic carbocycles. The van der Waals surface area contributed by atoms with Crippen LogP contribution in [0.5, 0.6) is 11.5 Å². The predicted molar refractivity (Wildman–Crippen MR) is 72.8 cm³/mol. The van der Waals surface area contributed by atoms with Gasteiger partial charge in [-0.25, -0.2) is 0 Å². The average Bonchev–Trinajstić information content (AvgIpc) is 2.97. The van der Waals surface area contributed by atoms with Gasteiger partial charge in [0.25, 0.3) is 0 Å². The van der Waals surface area contributed by atoms with Crippen molar-refractivity contribution >= 4 is 23.4 Å². The second-order valence-corrected chi connectivity index (χ2v) is 4.20. The topological polar surface area (TPSA) is 61.3 Å². The van der Waals surface area contributed by atoms with E-state index in [-0.39, 0.29) is 5.78 Å². The van der Waals surface area contributed by atoms with Gasteiger partial charge in [0.05, 0.1) is 25.5 Å². The molecule has 0 bridgehead atoms. The predicted octanol–water partition coefficient (Wildman–Crippen LogP) is 2.45. The van der Waals surface area contributed by atoms with Crippen molar-refractivity contribution < 1.29 is 14.3 Å². The Labute approximate surface area is 114 Å². The summed E-state index contributed by atoms with van der Waals surface area (Å²) in [6.45, 7) is 0. The molecule has 0 aliphatic heterocycles. The number of aromatic nitrogens is 2. The molecular formula is C13H12N2O3S. The first-order valence-corrected chi connectivity index (χ1v) is 6.29. The zero-order chi connectivity index (χ0) is 13.7. The molecule has 0 spiro atoms. The molecule has 0 atom stereocenters. The van der Waals surface area contributed by atoms with Gasteiger partial charge < -0.3 is 9.47 Å². The quantitative estimate of drug-likeness (QED) is 0.620. The number of carbonyl (C=O) groups is 1. The minimum absolute atomic E-state index is 0.160. The maximum atomic E-state index is 12.1. The van der Waals surface area contributed by atoms with Crippen LogP contribution in [0.3, 0.4) is 0 Å². The number of methoxy groups -OCH3 is 2. The highest BCUT2D eigenvalue weighted by Crippen LogP contribution is 2.25. The molecule has 0 radical (unpaired) electrons. The Morgan fingerprint density at radius 2 is 2.16 bits per heavy atom. The van der Waals surface area contributed by atoms with Gasteiger partial charge in [0.15, 0.2) is 5.78 Å². The number of allylic oxidation sites excluding steroid dienone is 1. The summed E-state index contributed by atoms with van der Waals surface area (Å²) in [7, 11) is 3.07. The van der Waals surface area contributed by atoms with Gasteiger partial charge in [0.2, 0.25) is 0 Å². The van der Waals surface area contributed by atoms with E-state index in [4.69, 9.17) is 9.47 Å². The lowest BCUT2D eigenvalue weighted by atomic mass is 10.1. The van der Waals surface area contributed by atoms with Crippen LogP contribution in [-0.2, 0) is 0 Å². The molecule has 2 rings (SSSR count). The molecule has 1 heterocycles. The van der Waals surface area contributed by atoms with E-state index in [0.29, 0.717) is 22.8 Å². The van der Waals surface area contributed by atoms with Crippen LogP contribution in [0.2, 0.25) is 0 Å². The number of nitrogens with zero attached hydrogens (tertiary/aromatic N) is 2. The fraction of sp³-hybridized carbons (Fsp3) is 0.154. The Hall–Kier alpha value is -2.21. The second kappa shape index (κ2) is 6.10.